The molecule has 0 aromatic heterocycles. The standard InChI is InChI=1S/2C11H14O2.2CH4/c1-7-6-13-11-4-3-9(12)5-10(11)8(7)2;1-7-6-13-11-5-9(12)3-4-10(11)8(7)2;;/h2*3-5,7-8,12H,6H2,1-2H3;2*1H4. The zero-order chi connectivity index (χ0) is 18.8. The number of fused-ring (bicyclic) bond motifs is 2. The normalized spacial score (nSPS) is 24.4. The second-order valence-electron chi connectivity index (χ2n) is 7.60. The molecule has 4 atom stereocenters. The predicted molar refractivity (Wildman–Crippen MR) is 116 cm³/mol. The van der Waals surface area contributed by atoms with Crippen LogP contribution in [0.2, 0.25) is 0 Å². The van der Waals surface area contributed by atoms with Crippen LogP contribution in [0.15, 0.2) is 36.4 Å². The molecule has 2 N–H and O–H groups in total. The van der Waals surface area contributed by atoms with Crippen molar-refractivity contribution in [3.8, 4) is 23.0 Å². The van der Waals surface area contributed by atoms with Crippen molar-refractivity contribution in [2.75, 3.05) is 13.2 Å². The van der Waals surface area contributed by atoms with Crippen LogP contribution in [0.5, 0.6) is 23.0 Å². The van der Waals surface area contributed by atoms with Gasteiger partial charge in [-0.25, -0.2) is 0 Å². The fourth-order valence-electron chi connectivity index (χ4n) is 3.39. The van der Waals surface area contributed by atoms with Gasteiger partial charge in [-0.1, -0.05) is 48.6 Å². The van der Waals surface area contributed by atoms with Crippen LogP contribution >= 0.6 is 0 Å². The van der Waals surface area contributed by atoms with Gasteiger partial charge in [-0.2, -0.15) is 0 Å². The number of ether oxygens (including phenoxy) is 2. The summed E-state index contributed by atoms with van der Waals surface area (Å²) in [6, 6.07) is 10.7. The van der Waals surface area contributed by atoms with Gasteiger partial charge in [0.1, 0.15) is 23.0 Å². The van der Waals surface area contributed by atoms with E-state index in [-0.39, 0.29) is 20.6 Å². The number of aromatic hydroxyl groups is 2. The van der Waals surface area contributed by atoms with Crippen LogP contribution in [0.3, 0.4) is 0 Å². The molecule has 156 valence electrons. The van der Waals surface area contributed by atoms with E-state index in [4.69, 9.17) is 9.47 Å². The van der Waals surface area contributed by atoms with Crippen LogP contribution < -0.4 is 9.47 Å². The maximum Gasteiger partial charge on any atom is 0.126 e. The Labute approximate surface area is 170 Å². The van der Waals surface area contributed by atoms with Crippen molar-refractivity contribution in [2.24, 2.45) is 11.8 Å². The van der Waals surface area contributed by atoms with E-state index in [0.717, 1.165) is 30.3 Å². The topological polar surface area (TPSA) is 58.9 Å². The van der Waals surface area contributed by atoms with Crippen LogP contribution in [-0.2, 0) is 0 Å². The van der Waals surface area contributed by atoms with Gasteiger partial charge in [0, 0.05) is 11.6 Å². The van der Waals surface area contributed by atoms with Gasteiger partial charge in [-0.05, 0) is 53.5 Å². The van der Waals surface area contributed by atoms with Crippen LogP contribution in [0, 0.1) is 11.8 Å². The van der Waals surface area contributed by atoms with Gasteiger partial charge < -0.3 is 19.7 Å². The maximum absolute atomic E-state index is 9.34. The summed E-state index contributed by atoms with van der Waals surface area (Å²) in [5, 5.41) is 18.6. The molecule has 2 heterocycles. The molecule has 4 rings (SSSR count). The highest BCUT2D eigenvalue weighted by atomic mass is 16.5. The third-order valence-electron chi connectivity index (χ3n) is 5.68. The number of hydrogen-bond donors (Lipinski definition) is 2. The molecule has 0 radical (unpaired) electrons. The van der Waals surface area contributed by atoms with Gasteiger partial charge >= 0.3 is 0 Å². The van der Waals surface area contributed by atoms with E-state index >= 15 is 0 Å². The van der Waals surface area contributed by atoms with Crippen LogP contribution in [0.4, 0.5) is 0 Å². The Hall–Kier alpha value is -2.36. The van der Waals surface area contributed by atoms with Gasteiger partial charge in [0.25, 0.3) is 0 Å². The molecule has 0 aliphatic carbocycles. The summed E-state index contributed by atoms with van der Waals surface area (Å²) in [5.41, 5.74) is 2.33. The third-order valence-corrected chi connectivity index (χ3v) is 5.68. The molecule has 28 heavy (non-hydrogen) atoms. The second-order valence-corrected chi connectivity index (χ2v) is 7.60. The molecule has 4 heteroatoms. The minimum atomic E-state index is 0. The lowest BCUT2D eigenvalue weighted by atomic mass is 9.87. The highest BCUT2D eigenvalue weighted by molar-refractivity contribution is 5.44. The third kappa shape index (κ3) is 4.92. The van der Waals surface area contributed by atoms with Crippen molar-refractivity contribution < 1.29 is 19.7 Å². The molecule has 2 aliphatic rings. The molecule has 0 bridgehead atoms. The number of phenolic OH excluding ortho intramolecular Hbond substituents is 2. The molecule has 4 unspecified atom stereocenters. The molecule has 2 aliphatic heterocycles. The maximum atomic E-state index is 9.34. The summed E-state index contributed by atoms with van der Waals surface area (Å²) >= 11 is 0. The number of phenols is 2. The Bertz CT molecular complexity index is 771. The lowest BCUT2D eigenvalue weighted by molar-refractivity contribution is 0.210. The molecular weight excluding hydrogens is 352 g/mol. The molecule has 0 saturated heterocycles. The lowest BCUT2D eigenvalue weighted by Gasteiger charge is -2.28. The summed E-state index contributed by atoms with van der Waals surface area (Å²) in [5.74, 6) is 4.42. The summed E-state index contributed by atoms with van der Waals surface area (Å²) in [4.78, 5) is 0. The Morgan fingerprint density at radius 1 is 0.679 bits per heavy atom. The van der Waals surface area contributed by atoms with Crippen molar-refractivity contribution in [1.29, 1.82) is 0 Å². The van der Waals surface area contributed by atoms with Crippen molar-refractivity contribution in [3.63, 3.8) is 0 Å². The monoisotopic (exact) mass is 388 g/mol. The fourth-order valence-corrected chi connectivity index (χ4v) is 3.39. The van der Waals surface area contributed by atoms with E-state index in [1.165, 1.54) is 5.56 Å². The largest absolute Gasteiger partial charge is 0.508 e. The predicted octanol–water partition coefficient (Wildman–Crippen LogP) is 6.32. The van der Waals surface area contributed by atoms with E-state index in [1.54, 1.807) is 24.3 Å². The lowest BCUT2D eigenvalue weighted by Crippen LogP contribution is -2.21. The Morgan fingerprint density at radius 3 is 1.82 bits per heavy atom. The quantitative estimate of drug-likeness (QED) is 0.554. The minimum absolute atomic E-state index is 0. The highest BCUT2D eigenvalue weighted by Gasteiger charge is 2.25. The summed E-state index contributed by atoms with van der Waals surface area (Å²) < 4.78 is 11.1. The van der Waals surface area contributed by atoms with Crippen molar-refractivity contribution >= 4 is 0 Å². The summed E-state index contributed by atoms with van der Waals surface area (Å²) in [6.07, 6.45) is 0. The number of rotatable bonds is 0. The molecule has 2 aromatic rings. The first-order chi connectivity index (χ1) is 12.4. The first-order valence-electron chi connectivity index (χ1n) is 9.28. The molecule has 0 spiro atoms. The smallest absolute Gasteiger partial charge is 0.126 e. The van der Waals surface area contributed by atoms with Crippen LogP contribution in [0.25, 0.3) is 0 Å². The van der Waals surface area contributed by atoms with Gasteiger partial charge in [0.2, 0.25) is 0 Å². The van der Waals surface area contributed by atoms with Gasteiger partial charge in [-0.3, -0.25) is 0 Å². The zero-order valence-electron chi connectivity index (χ0n) is 15.9. The molecule has 4 nitrogen and oxygen atoms in total. The Kier molecular flexibility index (Phi) is 8.22. The first-order valence-corrected chi connectivity index (χ1v) is 9.28. The number of hydrogen-bond acceptors (Lipinski definition) is 4. The molecular formula is C24H36O4. The molecule has 0 fully saturated rings. The van der Waals surface area contributed by atoms with Crippen molar-refractivity contribution in [3.05, 3.63) is 47.5 Å². The van der Waals surface area contributed by atoms with Crippen molar-refractivity contribution in [2.45, 2.75) is 54.4 Å². The van der Waals surface area contributed by atoms with E-state index in [2.05, 4.69) is 27.7 Å². The summed E-state index contributed by atoms with van der Waals surface area (Å²) in [6.45, 7) is 10.2. The van der Waals surface area contributed by atoms with Gasteiger partial charge in [0.15, 0.2) is 0 Å². The first kappa shape index (κ1) is 23.7. The van der Waals surface area contributed by atoms with E-state index in [9.17, 15) is 10.2 Å². The van der Waals surface area contributed by atoms with E-state index < -0.39 is 0 Å². The Balaban J connectivity index is 0.000000261. The van der Waals surface area contributed by atoms with Crippen LogP contribution in [0.1, 0.15) is 65.5 Å². The minimum Gasteiger partial charge on any atom is -0.508 e. The SMILES string of the molecule is C.C.CC1COc2cc(O)ccc2C1C.CC1COc2ccc(O)cc2C1C. The fraction of sp³-hybridized carbons (Fsp3) is 0.500. The average molecular weight is 389 g/mol. The van der Waals surface area contributed by atoms with Crippen molar-refractivity contribution in [1.82, 2.24) is 0 Å². The molecule has 0 saturated carbocycles. The molecule has 2 aromatic carbocycles. The number of benzene rings is 2. The van der Waals surface area contributed by atoms with E-state index in [0.29, 0.717) is 29.4 Å². The van der Waals surface area contributed by atoms with Gasteiger partial charge in [-0.15, -0.1) is 0 Å². The Morgan fingerprint density at radius 2 is 1.18 bits per heavy atom. The highest BCUT2D eigenvalue weighted by Crippen LogP contribution is 2.39. The summed E-state index contributed by atoms with van der Waals surface area (Å²) in [7, 11) is 0. The molecule has 0 amide bonds. The van der Waals surface area contributed by atoms with E-state index in [1.807, 2.05) is 12.1 Å². The average Bonchev–Trinajstić information content (AvgIpc) is 2.62. The second kappa shape index (κ2) is 9.72. The van der Waals surface area contributed by atoms with Gasteiger partial charge in [0.05, 0.1) is 13.2 Å². The zero-order valence-corrected chi connectivity index (χ0v) is 15.9. The van der Waals surface area contributed by atoms with Crippen LogP contribution in [-0.4, -0.2) is 23.4 Å².